The van der Waals surface area contributed by atoms with Gasteiger partial charge in [0.15, 0.2) is 0 Å². The quantitative estimate of drug-likeness (QED) is 0.375. The van der Waals surface area contributed by atoms with Crippen molar-refractivity contribution in [3.8, 4) is 11.5 Å². The normalized spacial score (nSPS) is 10.5. The maximum absolute atomic E-state index is 12.1. The molecule has 148 valence electrons. The summed E-state index contributed by atoms with van der Waals surface area (Å²) < 4.78 is 10.7. The SMILES string of the molecule is CCCCOc1ccc(C=NNC(=O)CNC(=O)c2ccccc2OC)cc1. The fourth-order valence-electron chi connectivity index (χ4n) is 2.29. The van der Waals surface area contributed by atoms with Gasteiger partial charge in [0.1, 0.15) is 11.5 Å². The monoisotopic (exact) mass is 383 g/mol. The highest BCUT2D eigenvalue weighted by molar-refractivity contribution is 5.98. The van der Waals surface area contributed by atoms with Gasteiger partial charge < -0.3 is 14.8 Å². The van der Waals surface area contributed by atoms with Crippen LogP contribution in [0.2, 0.25) is 0 Å². The van der Waals surface area contributed by atoms with E-state index in [0.717, 1.165) is 24.2 Å². The number of benzene rings is 2. The number of para-hydroxylation sites is 1. The molecule has 0 spiro atoms. The van der Waals surface area contributed by atoms with Gasteiger partial charge in [0, 0.05) is 0 Å². The molecule has 0 aliphatic rings. The van der Waals surface area contributed by atoms with E-state index < -0.39 is 11.8 Å². The zero-order chi connectivity index (χ0) is 20.2. The lowest BCUT2D eigenvalue weighted by Crippen LogP contribution is -2.35. The van der Waals surface area contributed by atoms with Gasteiger partial charge in [-0.05, 0) is 48.4 Å². The average molecular weight is 383 g/mol. The molecule has 0 aliphatic carbocycles. The van der Waals surface area contributed by atoms with E-state index in [1.807, 2.05) is 24.3 Å². The maximum atomic E-state index is 12.1. The molecule has 0 atom stereocenters. The first-order valence-electron chi connectivity index (χ1n) is 9.10. The van der Waals surface area contributed by atoms with Gasteiger partial charge in [-0.1, -0.05) is 25.5 Å². The van der Waals surface area contributed by atoms with Crippen molar-refractivity contribution in [2.75, 3.05) is 20.3 Å². The fourth-order valence-corrected chi connectivity index (χ4v) is 2.29. The van der Waals surface area contributed by atoms with Gasteiger partial charge in [-0.15, -0.1) is 0 Å². The van der Waals surface area contributed by atoms with Gasteiger partial charge in [-0.2, -0.15) is 5.10 Å². The number of amides is 2. The Morgan fingerprint density at radius 1 is 1.11 bits per heavy atom. The zero-order valence-corrected chi connectivity index (χ0v) is 16.1. The lowest BCUT2D eigenvalue weighted by atomic mass is 10.2. The van der Waals surface area contributed by atoms with Crippen molar-refractivity contribution in [1.82, 2.24) is 10.7 Å². The minimum Gasteiger partial charge on any atom is -0.496 e. The van der Waals surface area contributed by atoms with Crippen LogP contribution in [0.15, 0.2) is 53.6 Å². The van der Waals surface area contributed by atoms with E-state index in [0.29, 0.717) is 17.9 Å². The summed E-state index contributed by atoms with van der Waals surface area (Å²) in [5.74, 6) is 0.420. The van der Waals surface area contributed by atoms with Crippen LogP contribution in [0.25, 0.3) is 0 Å². The van der Waals surface area contributed by atoms with Crippen LogP contribution in [0.1, 0.15) is 35.7 Å². The summed E-state index contributed by atoms with van der Waals surface area (Å²) in [4.78, 5) is 24.0. The third kappa shape index (κ3) is 6.75. The topological polar surface area (TPSA) is 89.0 Å². The van der Waals surface area contributed by atoms with Crippen LogP contribution in [-0.4, -0.2) is 38.3 Å². The minimum atomic E-state index is -0.431. The van der Waals surface area contributed by atoms with Crippen LogP contribution in [0, 0.1) is 0 Å². The smallest absolute Gasteiger partial charge is 0.259 e. The molecule has 0 fully saturated rings. The number of carbonyl (C=O) groups is 2. The standard InChI is InChI=1S/C21H25N3O4/c1-3-4-13-28-17-11-9-16(10-12-17)14-23-24-20(25)15-22-21(26)18-7-5-6-8-19(18)27-2/h5-12,14H,3-4,13,15H2,1-2H3,(H,22,26)(H,24,25). The van der Waals surface area contributed by atoms with Crippen LogP contribution in [0.5, 0.6) is 11.5 Å². The molecule has 2 aromatic rings. The largest absolute Gasteiger partial charge is 0.496 e. The first-order chi connectivity index (χ1) is 13.6. The molecule has 2 aromatic carbocycles. The Bertz CT molecular complexity index is 804. The van der Waals surface area contributed by atoms with Crippen LogP contribution in [0.4, 0.5) is 0 Å². The molecule has 2 N–H and O–H groups in total. The molecule has 0 bridgehead atoms. The van der Waals surface area contributed by atoms with Crippen LogP contribution in [0.3, 0.4) is 0 Å². The Hall–Kier alpha value is -3.35. The van der Waals surface area contributed by atoms with Crippen molar-refractivity contribution < 1.29 is 19.1 Å². The zero-order valence-electron chi connectivity index (χ0n) is 16.1. The number of methoxy groups -OCH3 is 1. The summed E-state index contributed by atoms with van der Waals surface area (Å²) in [7, 11) is 1.48. The molecule has 0 unspecified atom stereocenters. The maximum Gasteiger partial charge on any atom is 0.259 e. The molecule has 0 saturated carbocycles. The second kappa shape index (κ2) is 11.4. The van der Waals surface area contributed by atoms with E-state index >= 15 is 0 Å². The van der Waals surface area contributed by atoms with E-state index in [1.54, 1.807) is 24.3 Å². The Kier molecular flexibility index (Phi) is 8.52. The summed E-state index contributed by atoms with van der Waals surface area (Å²) >= 11 is 0. The number of nitrogens with zero attached hydrogens (tertiary/aromatic N) is 1. The second-order valence-corrected chi connectivity index (χ2v) is 5.95. The molecule has 0 heterocycles. The highest BCUT2D eigenvalue weighted by Crippen LogP contribution is 2.16. The first kappa shape index (κ1) is 21.0. The fraction of sp³-hybridized carbons (Fsp3) is 0.286. The number of hydrogen-bond donors (Lipinski definition) is 2. The summed E-state index contributed by atoms with van der Waals surface area (Å²) in [6, 6.07) is 14.2. The minimum absolute atomic E-state index is 0.196. The predicted octanol–water partition coefficient (Wildman–Crippen LogP) is 2.75. The van der Waals surface area contributed by atoms with Crippen molar-refractivity contribution >= 4 is 18.0 Å². The van der Waals surface area contributed by atoms with Crippen LogP contribution < -0.4 is 20.2 Å². The highest BCUT2D eigenvalue weighted by atomic mass is 16.5. The molecule has 0 saturated heterocycles. The van der Waals surface area contributed by atoms with Crippen LogP contribution >= 0.6 is 0 Å². The van der Waals surface area contributed by atoms with Gasteiger partial charge in [0.25, 0.3) is 11.8 Å². The average Bonchev–Trinajstić information content (AvgIpc) is 2.73. The van der Waals surface area contributed by atoms with Crippen molar-refractivity contribution in [2.24, 2.45) is 5.10 Å². The van der Waals surface area contributed by atoms with E-state index in [1.165, 1.54) is 13.3 Å². The summed E-state index contributed by atoms with van der Waals surface area (Å²) in [5.41, 5.74) is 3.56. The molecule has 0 aliphatic heterocycles. The molecule has 7 nitrogen and oxygen atoms in total. The number of hydrazone groups is 1. The molecule has 0 aromatic heterocycles. The highest BCUT2D eigenvalue weighted by Gasteiger charge is 2.12. The molecule has 7 heteroatoms. The van der Waals surface area contributed by atoms with Crippen molar-refractivity contribution in [3.63, 3.8) is 0 Å². The van der Waals surface area contributed by atoms with Gasteiger partial charge in [0.05, 0.1) is 32.0 Å². The number of hydrogen-bond acceptors (Lipinski definition) is 5. The number of rotatable bonds is 10. The van der Waals surface area contributed by atoms with E-state index in [-0.39, 0.29) is 6.54 Å². The summed E-state index contributed by atoms with van der Waals surface area (Å²) in [6.07, 6.45) is 3.63. The number of nitrogens with one attached hydrogen (secondary N) is 2. The number of carbonyl (C=O) groups excluding carboxylic acids is 2. The lowest BCUT2D eigenvalue weighted by molar-refractivity contribution is -0.120. The van der Waals surface area contributed by atoms with Crippen molar-refractivity contribution in [3.05, 3.63) is 59.7 Å². The predicted molar refractivity (Wildman–Crippen MR) is 108 cm³/mol. The number of unbranched alkanes of at least 4 members (excludes halogenated alkanes) is 1. The Labute approximate surface area is 164 Å². The van der Waals surface area contributed by atoms with Gasteiger partial charge in [-0.3, -0.25) is 9.59 Å². The molecule has 0 radical (unpaired) electrons. The van der Waals surface area contributed by atoms with Gasteiger partial charge in [0.2, 0.25) is 0 Å². The molecule has 2 rings (SSSR count). The van der Waals surface area contributed by atoms with Gasteiger partial charge in [-0.25, -0.2) is 5.43 Å². The first-order valence-corrected chi connectivity index (χ1v) is 9.10. The Balaban J connectivity index is 1.76. The van der Waals surface area contributed by atoms with Crippen molar-refractivity contribution in [1.29, 1.82) is 0 Å². The number of ether oxygens (including phenoxy) is 2. The molecule has 2 amide bonds. The van der Waals surface area contributed by atoms with Crippen LogP contribution in [-0.2, 0) is 4.79 Å². The lowest BCUT2D eigenvalue weighted by Gasteiger charge is -2.08. The molecular formula is C21H25N3O4. The van der Waals surface area contributed by atoms with E-state index in [4.69, 9.17) is 9.47 Å². The molecular weight excluding hydrogens is 358 g/mol. The third-order valence-corrected chi connectivity index (χ3v) is 3.81. The Morgan fingerprint density at radius 2 is 1.86 bits per heavy atom. The van der Waals surface area contributed by atoms with Gasteiger partial charge >= 0.3 is 0 Å². The summed E-state index contributed by atoms with van der Waals surface area (Å²) in [5, 5.41) is 6.42. The van der Waals surface area contributed by atoms with Crippen molar-refractivity contribution in [2.45, 2.75) is 19.8 Å². The second-order valence-electron chi connectivity index (χ2n) is 5.95. The molecule has 28 heavy (non-hydrogen) atoms. The Morgan fingerprint density at radius 3 is 2.57 bits per heavy atom. The van der Waals surface area contributed by atoms with E-state index in [9.17, 15) is 9.59 Å². The third-order valence-electron chi connectivity index (χ3n) is 3.81. The van der Waals surface area contributed by atoms with E-state index in [2.05, 4.69) is 22.8 Å². The summed E-state index contributed by atoms with van der Waals surface area (Å²) in [6.45, 7) is 2.61.